The van der Waals surface area contributed by atoms with Gasteiger partial charge in [-0.15, -0.1) is 0 Å². The summed E-state index contributed by atoms with van der Waals surface area (Å²) in [6.07, 6.45) is 1.12. The number of hydrogen-bond donors (Lipinski definition) is 2. The van der Waals surface area contributed by atoms with Crippen LogP contribution < -0.4 is 10.2 Å². The van der Waals surface area contributed by atoms with Crippen molar-refractivity contribution in [2.45, 2.75) is 0 Å². The maximum Gasteiger partial charge on any atom is 0.271 e. The number of amides is 1. The standard InChI is InChI=1S/C15H12BrN3O5/c1-24-14-5-2-9(7-12(14)16)15(21)18-17-8-10-6-11(19(22)23)3-4-13(10)20/h2-8,20H,1H3,(H,18,21)/b17-8+. The quantitative estimate of drug-likeness (QED) is 0.460. The van der Waals surface area contributed by atoms with Crippen molar-refractivity contribution in [2.24, 2.45) is 5.10 Å². The molecule has 2 rings (SSSR count). The lowest BCUT2D eigenvalue weighted by Crippen LogP contribution is -2.17. The number of nitrogens with one attached hydrogen (secondary N) is 1. The van der Waals surface area contributed by atoms with E-state index in [1.807, 2.05) is 0 Å². The number of nitrogens with zero attached hydrogens (tertiary/aromatic N) is 2. The molecular formula is C15H12BrN3O5. The maximum atomic E-state index is 12.0. The number of phenols is 1. The Morgan fingerprint density at radius 3 is 2.75 bits per heavy atom. The SMILES string of the molecule is COc1ccc(C(=O)N/N=C/c2cc([N+](=O)[O-])ccc2O)cc1Br. The molecule has 0 aliphatic rings. The first-order chi connectivity index (χ1) is 11.4. The molecule has 124 valence electrons. The Hall–Kier alpha value is -2.94. The molecule has 0 fully saturated rings. The summed E-state index contributed by atoms with van der Waals surface area (Å²) in [6.45, 7) is 0. The number of non-ortho nitro benzene ring substituents is 1. The first-order valence-electron chi connectivity index (χ1n) is 6.56. The largest absolute Gasteiger partial charge is 0.507 e. The number of halogens is 1. The number of nitro benzene ring substituents is 1. The summed E-state index contributed by atoms with van der Waals surface area (Å²) in [5.41, 5.74) is 2.53. The zero-order valence-corrected chi connectivity index (χ0v) is 14.0. The summed E-state index contributed by atoms with van der Waals surface area (Å²) < 4.78 is 5.68. The molecule has 0 unspecified atom stereocenters. The number of phenolic OH excluding ortho intramolecular Hbond substituents is 1. The summed E-state index contributed by atoms with van der Waals surface area (Å²) in [5, 5.41) is 24.1. The summed E-state index contributed by atoms with van der Waals surface area (Å²) in [7, 11) is 1.51. The van der Waals surface area contributed by atoms with Gasteiger partial charge in [0, 0.05) is 23.3 Å². The summed E-state index contributed by atoms with van der Waals surface area (Å²) >= 11 is 3.27. The maximum absolute atomic E-state index is 12.0. The molecule has 0 aliphatic heterocycles. The number of hydrazone groups is 1. The van der Waals surface area contributed by atoms with Crippen molar-refractivity contribution in [3.63, 3.8) is 0 Å². The van der Waals surface area contributed by atoms with Crippen LogP contribution in [-0.2, 0) is 0 Å². The minimum absolute atomic E-state index is 0.111. The second-order valence-corrected chi connectivity index (χ2v) is 5.40. The predicted octanol–water partition coefficient (Wildman–Crippen LogP) is 2.84. The van der Waals surface area contributed by atoms with Crippen LogP contribution in [0.5, 0.6) is 11.5 Å². The monoisotopic (exact) mass is 393 g/mol. The van der Waals surface area contributed by atoms with Gasteiger partial charge in [0.05, 0.1) is 22.7 Å². The average Bonchev–Trinajstić information content (AvgIpc) is 2.56. The third kappa shape index (κ3) is 4.07. The number of methoxy groups -OCH3 is 1. The Morgan fingerprint density at radius 1 is 1.38 bits per heavy atom. The van der Waals surface area contributed by atoms with E-state index in [0.717, 1.165) is 12.3 Å². The number of carbonyl (C=O) groups is 1. The summed E-state index contributed by atoms with van der Waals surface area (Å²) in [6, 6.07) is 8.24. The van der Waals surface area contributed by atoms with E-state index in [2.05, 4.69) is 26.5 Å². The van der Waals surface area contributed by atoms with Crippen molar-refractivity contribution >= 4 is 33.7 Å². The fourth-order valence-electron chi connectivity index (χ4n) is 1.79. The highest BCUT2D eigenvalue weighted by Crippen LogP contribution is 2.25. The topological polar surface area (TPSA) is 114 Å². The fourth-order valence-corrected chi connectivity index (χ4v) is 2.33. The van der Waals surface area contributed by atoms with Crippen LogP contribution in [0.2, 0.25) is 0 Å². The van der Waals surface area contributed by atoms with Crippen LogP contribution in [0.4, 0.5) is 5.69 Å². The van der Waals surface area contributed by atoms with E-state index in [4.69, 9.17) is 4.74 Å². The van der Waals surface area contributed by atoms with E-state index in [0.29, 0.717) is 15.8 Å². The van der Waals surface area contributed by atoms with Crippen molar-refractivity contribution < 1.29 is 19.6 Å². The smallest absolute Gasteiger partial charge is 0.271 e. The van der Waals surface area contributed by atoms with Crippen molar-refractivity contribution in [3.05, 3.63) is 62.1 Å². The molecule has 0 saturated carbocycles. The normalized spacial score (nSPS) is 10.6. The highest BCUT2D eigenvalue weighted by molar-refractivity contribution is 9.10. The molecule has 0 saturated heterocycles. The predicted molar refractivity (Wildman–Crippen MR) is 90.5 cm³/mol. The molecular weight excluding hydrogens is 382 g/mol. The molecule has 9 heteroatoms. The number of benzene rings is 2. The molecule has 24 heavy (non-hydrogen) atoms. The zero-order valence-electron chi connectivity index (χ0n) is 12.4. The van der Waals surface area contributed by atoms with Gasteiger partial charge < -0.3 is 9.84 Å². The Kier molecular flexibility index (Phi) is 5.48. The van der Waals surface area contributed by atoms with E-state index in [1.54, 1.807) is 18.2 Å². The van der Waals surface area contributed by atoms with Crippen molar-refractivity contribution in [2.75, 3.05) is 7.11 Å². The third-order valence-corrected chi connectivity index (χ3v) is 3.63. The molecule has 2 aromatic rings. The van der Waals surface area contributed by atoms with Crippen LogP contribution in [0.1, 0.15) is 15.9 Å². The second kappa shape index (κ2) is 7.55. The summed E-state index contributed by atoms with van der Waals surface area (Å²) in [5.74, 6) is -0.0955. The Balaban J connectivity index is 2.11. The molecule has 0 bridgehead atoms. The van der Waals surface area contributed by atoms with E-state index in [-0.39, 0.29) is 17.0 Å². The van der Waals surface area contributed by atoms with Gasteiger partial charge >= 0.3 is 0 Å². The molecule has 0 atom stereocenters. The first-order valence-corrected chi connectivity index (χ1v) is 7.36. The van der Waals surface area contributed by atoms with E-state index in [1.165, 1.54) is 19.2 Å². The number of ether oxygens (including phenoxy) is 1. The summed E-state index contributed by atoms with van der Waals surface area (Å²) in [4.78, 5) is 22.1. The number of hydrogen-bond acceptors (Lipinski definition) is 6. The van der Waals surface area contributed by atoms with Crippen molar-refractivity contribution in [1.82, 2.24) is 5.43 Å². The Bertz CT molecular complexity index is 823. The van der Waals surface area contributed by atoms with Crippen LogP contribution >= 0.6 is 15.9 Å². The van der Waals surface area contributed by atoms with Crippen LogP contribution in [0.25, 0.3) is 0 Å². The van der Waals surface area contributed by atoms with Crippen LogP contribution in [0, 0.1) is 10.1 Å². The van der Waals surface area contributed by atoms with Crippen LogP contribution in [-0.4, -0.2) is 29.3 Å². The second-order valence-electron chi connectivity index (χ2n) is 4.55. The lowest BCUT2D eigenvalue weighted by atomic mass is 10.2. The number of aromatic hydroxyl groups is 1. The molecule has 0 aromatic heterocycles. The third-order valence-electron chi connectivity index (χ3n) is 3.01. The fraction of sp³-hybridized carbons (Fsp3) is 0.0667. The molecule has 1 amide bonds. The van der Waals surface area contributed by atoms with Crippen LogP contribution in [0.3, 0.4) is 0 Å². The van der Waals surface area contributed by atoms with Gasteiger partial charge in [0.25, 0.3) is 11.6 Å². The van der Waals surface area contributed by atoms with Gasteiger partial charge in [-0.3, -0.25) is 14.9 Å². The lowest BCUT2D eigenvalue weighted by molar-refractivity contribution is -0.384. The van der Waals surface area contributed by atoms with E-state index >= 15 is 0 Å². The van der Waals surface area contributed by atoms with Gasteiger partial charge in [-0.2, -0.15) is 5.10 Å². The molecule has 0 radical (unpaired) electrons. The molecule has 0 aliphatic carbocycles. The minimum atomic E-state index is -0.593. The first kappa shape index (κ1) is 17.4. The number of carbonyl (C=O) groups excluding carboxylic acids is 1. The van der Waals surface area contributed by atoms with Crippen molar-refractivity contribution in [3.8, 4) is 11.5 Å². The van der Waals surface area contributed by atoms with Gasteiger partial charge in [0.15, 0.2) is 0 Å². The molecule has 0 heterocycles. The highest BCUT2D eigenvalue weighted by atomic mass is 79.9. The molecule has 8 nitrogen and oxygen atoms in total. The van der Waals surface area contributed by atoms with Crippen molar-refractivity contribution in [1.29, 1.82) is 0 Å². The van der Waals surface area contributed by atoms with Gasteiger partial charge in [0.2, 0.25) is 0 Å². The van der Waals surface area contributed by atoms with Crippen LogP contribution in [0.15, 0.2) is 46.0 Å². The zero-order chi connectivity index (χ0) is 17.7. The Morgan fingerprint density at radius 2 is 2.12 bits per heavy atom. The minimum Gasteiger partial charge on any atom is -0.507 e. The van der Waals surface area contributed by atoms with Gasteiger partial charge in [-0.1, -0.05) is 0 Å². The van der Waals surface area contributed by atoms with Gasteiger partial charge in [-0.25, -0.2) is 5.43 Å². The van der Waals surface area contributed by atoms with Gasteiger partial charge in [-0.05, 0) is 40.2 Å². The molecule has 0 spiro atoms. The lowest BCUT2D eigenvalue weighted by Gasteiger charge is -2.05. The van der Waals surface area contributed by atoms with E-state index in [9.17, 15) is 20.0 Å². The highest BCUT2D eigenvalue weighted by Gasteiger charge is 2.10. The number of nitro groups is 1. The molecule has 2 aromatic carbocycles. The average molecular weight is 394 g/mol. The number of rotatable bonds is 5. The Labute approximate surface area is 145 Å². The van der Waals surface area contributed by atoms with E-state index < -0.39 is 10.8 Å². The molecule has 2 N–H and O–H groups in total. The van der Waals surface area contributed by atoms with Gasteiger partial charge in [0.1, 0.15) is 11.5 Å².